The first-order valence-corrected chi connectivity index (χ1v) is 6.91. The average molecular weight is 340 g/mol. The summed E-state index contributed by atoms with van der Waals surface area (Å²) in [7, 11) is 0. The fourth-order valence-electron chi connectivity index (χ4n) is 1.32. The fourth-order valence-corrected chi connectivity index (χ4v) is 3.62. The molecule has 2 rings (SSSR count). The highest BCUT2D eigenvalue weighted by molar-refractivity contribution is 9.09. The number of hydrogen-bond acceptors (Lipinski definition) is 1. The van der Waals surface area contributed by atoms with E-state index in [1.807, 2.05) is 12.1 Å². The zero-order valence-electron chi connectivity index (χ0n) is 7.88. The molecule has 0 bridgehead atoms. The lowest BCUT2D eigenvalue weighted by Crippen LogP contribution is -1.91. The molecule has 0 radical (unpaired) electrons. The van der Waals surface area contributed by atoms with Crippen LogP contribution in [-0.2, 0) is 0 Å². The third-order valence-electron chi connectivity index (χ3n) is 2.08. The topological polar surface area (TPSA) is 0 Å². The van der Waals surface area contributed by atoms with Crippen molar-refractivity contribution in [3.8, 4) is 0 Å². The highest BCUT2D eigenvalue weighted by atomic mass is 79.9. The van der Waals surface area contributed by atoms with E-state index < -0.39 is 0 Å². The average Bonchev–Trinajstić information content (AvgIpc) is 2.64. The van der Waals surface area contributed by atoms with Gasteiger partial charge >= 0.3 is 0 Å². The molecule has 1 aromatic heterocycles. The monoisotopic (exact) mass is 338 g/mol. The number of thiophene rings is 1. The summed E-state index contributed by atoms with van der Waals surface area (Å²) < 4.78 is 13.6. The maximum absolute atomic E-state index is 12.9. The van der Waals surface area contributed by atoms with Gasteiger partial charge in [-0.25, -0.2) is 4.39 Å². The van der Waals surface area contributed by atoms with Crippen LogP contribution in [0.25, 0.3) is 0 Å². The van der Waals surface area contributed by atoms with Crippen molar-refractivity contribution < 1.29 is 4.39 Å². The van der Waals surface area contributed by atoms with E-state index in [0.29, 0.717) is 5.02 Å². The second-order valence-electron chi connectivity index (χ2n) is 3.17. The number of alkyl halides is 1. The van der Waals surface area contributed by atoms with Crippen LogP contribution in [0.2, 0.25) is 9.36 Å². The van der Waals surface area contributed by atoms with Crippen LogP contribution in [0.4, 0.5) is 4.39 Å². The first kappa shape index (κ1) is 12.4. The van der Waals surface area contributed by atoms with Crippen LogP contribution in [0.15, 0.2) is 30.3 Å². The van der Waals surface area contributed by atoms with Gasteiger partial charge < -0.3 is 0 Å². The van der Waals surface area contributed by atoms with Crippen LogP contribution in [-0.4, -0.2) is 0 Å². The summed E-state index contributed by atoms with van der Waals surface area (Å²) in [4.78, 5) is 0.983. The number of hydrogen-bond donors (Lipinski definition) is 0. The van der Waals surface area contributed by atoms with Gasteiger partial charge in [0.1, 0.15) is 5.82 Å². The van der Waals surface area contributed by atoms with Crippen molar-refractivity contribution in [1.29, 1.82) is 0 Å². The predicted molar refractivity (Wildman–Crippen MR) is 71.5 cm³/mol. The minimum atomic E-state index is -0.335. The second-order valence-corrected chi connectivity index (χ2v) is 6.24. The molecule has 1 heterocycles. The summed E-state index contributed by atoms with van der Waals surface area (Å²) in [5.74, 6) is -0.335. The molecule has 0 amide bonds. The second kappa shape index (κ2) is 5.05. The van der Waals surface area contributed by atoms with Crippen LogP contribution in [0.5, 0.6) is 0 Å². The molecule has 1 unspecified atom stereocenters. The predicted octanol–water partition coefficient (Wildman–Crippen LogP) is 5.68. The van der Waals surface area contributed by atoms with Crippen molar-refractivity contribution in [1.82, 2.24) is 0 Å². The van der Waals surface area contributed by atoms with Gasteiger partial charge in [-0.15, -0.1) is 11.3 Å². The smallest absolute Gasteiger partial charge is 0.124 e. The Hall–Kier alpha value is -0.0900. The number of benzene rings is 1. The van der Waals surface area contributed by atoms with Gasteiger partial charge in [-0.1, -0.05) is 45.2 Å². The molecule has 0 N–H and O–H groups in total. The summed E-state index contributed by atoms with van der Waals surface area (Å²) in [5, 5.41) is 0.409. The van der Waals surface area contributed by atoms with Crippen LogP contribution in [0, 0.1) is 5.82 Å². The molecule has 1 aromatic carbocycles. The van der Waals surface area contributed by atoms with E-state index in [0.717, 1.165) is 14.8 Å². The largest absolute Gasteiger partial charge is 0.207 e. The van der Waals surface area contributed by atoms with Crippen LogP contribution >= 0.6 is 50.5 Å². The molecule has 0 saturated heterocycles. The standard InChI is InChI=1S/C11H6BrCl2FS/c12-11(9-3-4-10(14)16-9)7-2-1-6(15)5-8(7)13/h1-5,11H. The lowest BCUT2D eigenvalue weighted by molar-refractivity contribution is 0.627. The number of rotatable bonds is 2. The lowest BCUT2D eigenvalue weighted by atomic mass is 10.1. The number of halogens is 4. The molecule has 16 heavy (non-hydrogen) atoms. The third-order valence-corrected chi connectivity index (χ3v) is 4.99. The molecule has 1 atom stereocenters. The molecule has 0 fully saturated rings. The Labute approximate surface area is 115 Å². The maximum Gasteiger partial charge on any atom is 0.124 e. The normalized spacial score (nSPS) is 12.8. The molecule has 5 heteroatoms. The first-order valence-electron chi connectivity index (χ1n) is 4.42. The van der Waals surface area contributed by atoms with Gasteiger partial charge in [-0.2, -0.15) is 0 Å². The molecule has 0 saturated carbocycles. The Morgan fingerprint density at radius 1 is 1.19 bits per heavy atom. The van der Waals surface area contributed by atoms with E-state index in [2.05, 4.69) is 15.9 Å². The van der Waals surface area contributed by atoms with Crippen molar-refractivity contribution in [2.24, 2.45) is 0 Å². The van der Waals surface area contributed by atoms with Gasteiger partial charge in [-0.05, 0) is 29.8 Å². The van der Waals surface area contributed by atoms with Crippen LogP contribution in [0.1, 0.15) is 15.3 Å². The first-order chi connectivity index (χ1) is 7.58. The molecule has 0 nitrogen and oxygen atoms in total. The van der Waals surface area contributed by atoms with E-state index in [1.165, 1.54) is 23.5 Å². The lowest BCUT2D eigenvalue weighted by Gasteiger charge is -2.09. The molecule has 0 aliphatic heterocycles. The molecule has 0 aliphatic rings. The van der Waals surface area contributed by atoms with Crippen LogP contribution < -0.4 is 0 Å². The Kier molecular flexibility index (Phi) is 3.90. The van der Waals surface area contributed by atoms with Gasteiger partial charge in [0.05, 0.1) is 9.16 Å². The summed E-state index contributed by atoms with van der Waals surface area (Å²) in [6.07, 6.45) is 0. The van der Waals surface area contributed by atoms with Gasteiger partial charge in [0.25, 0.3) is 0 Å². The van der Waals surface area contributed by atoms with Crippen molar-refractivity contribution in [2.45, 2.75) is 4.83 Å². The van der Waals surface area contributed by atoms with Gasteiger partial charge in [0.15, 0.2) is 0 Å². The van der Waals surface area contributed by atoms with E-state index in [9.17, 15) is 4.39 Å². The highest BCUT2D eigenvalue weighted by Crippen LogP contribution is 2.39. The Morgan fingerprint density at radius 3 is 2.50 bits per heavy atom. The van der Waals surface area contributed by atoms with Crippen molar-refractivity contribution in [3.63, 3.8) is 0 Å². The van der Waals surface area contributed by atoms with Gasteiger partial charge in [-0.3, -0.25) is 0 Å². The zero-order chi connectivity index (χ0) is 11.7. The molecule has 0 spiro atoms. The Balaban J connectivity index is 2.37. The molecule has 84 valence electrons. The summed E-state index contributed by atoms with van der Waals surface area (Å²) in [6, 6.07) is 8.12. The SMILES string of the molecule is Fc1ccc(C(Br)c2ccc(Cl)s2)c(Cl)c1. The van der Waals surface area contributed by atoms with Crippen molar-refractivity contribution >= 4 is 50.5 Å². The van der Waals surface area contributed by atoms with E-state index in [1.54, 1.807) is 6.07 Å². The summed E-state index contributed by atoms with van der Waals surface area (Å²) >= 11 is 16.8. The molecule has 0 aliphatic carbocycles. The third kappa shape index (κ3) is 2.59. The Bertz CT molecular complexity index is 512. The highest BCUT2D eigenvalue weighted by Gasteiger charge is 2.16. The van der Waals surface area contributed by atoms with E-state index in [4.69, 9.17) is 23.2 Å². The minimum Gasteiger partial charge on any atom is -0.207 e. The van der Waals surface area contributed by atoms with E-state index >= 15 is 0 Å². The summed E-state index contributed by atoms with van der Waals surface area (Å²) in [5.41, 5.74) is 0.835. The quantitative estimate of drug-likeness (QED) is 0.617. The summed E-state index contributed by atoms with van der Waals surface area (Å²) in [6.45, 7) is 0. The molecular weight excluding hydrogens is 334 g/mol. The maximum atomic E-state index is 12.9. The minimum absolute atomic E-state index is 0.0573. The van der Waals surface area contributed by atoms with Gasteiger partial charge in [0, 0.05) is 9.90 Å². The fraction of sp³-hybridized carbons (Fsp3) is 0.0909. The van der Waals surface area contributed by atoms with Crippen molar-refractivity contribution in [3.05, 3.63) is 55.9 Å². The zero-order valence-corrected chi connectivity index (χ0v) is 11.8. The molecular formula is C11H6BrCl2FS. The Morgan fingerprint density at radius 2 is 1.94 bits per heavy atom. The molecule has 2 aromatic rings. The van der Waals surface area contributed by atoms with E-state index in [-0.39, 0.29) is 10.6 Å². The van der Waals surface area contributed by atoms with Gasteiger partial charge in [0.2, 0.25) is 0 Å². The van der Waals surface area contributed by atoms with Crippen molar-refractivity contribution in [2.75, 3.05) is 0 Å². The van der Waals surface area contributed by atoms with Crippen LogP contribution in [0.3, 0.4) is 0 Å².